The summed E-state index contributed by atoms with van der Waals surface area (Å²) in [5, 5.41) is 2.86. The highest BCUT2D eigenvalue weighted by atomic mass is 16.2. The lowest BCUT2D eigenvalue weighted by molar-refractivity contribution is -0.127. The summed E-state index contributed by atoms with van der Waals surface area (Å²) < 4.78 is 0. The Morgan fingerprint density at radius 1 is 1.23 bits per heavy atom. The molecule has 0 aliphatic carbocycles. The maximum atomic E-state index is 12.9. The number of para-hydroxylation sites is 1. The van der Waals surface area contributed by atoms with Crippen molar-refractivity contribution in [1.29, 1.82) is 0 Å². The largest absolute Gasteiger partial charge is 0.349 e. The third-order valence-electron chi connectivity index (χ3n) is 4.60. The number of nitrogens with zero attached hydrogens (tertiary/aromatic N) is 3. The van der Waals surface area contributed by atoms with Crippen LogP contribution in [0.2, 0.25) is 0 Å². The van der Waals surface area contributed by atoms with Gasteiger partial charge in [0.1, 0.15) is 0 Å². The number of nitrogens with one attached hydrogen (secondary N) is 1. The van der Waals surface area contributed by atoms with Gasteiger partial charge in [-0.3, -0.25) is 19.5 Å². The second kappa shape index (κ2) is 8.58. The van der Waals surface area contributed by atoms with E-state index in [4.69, 9.17) is 0 Å². The third kappa shape index (κ3) is 4.46. The van der Waals surface area contributed by atoms with E-state index in [1.807, 2.05) is 65.4 Å². The van der Waals surface area contributed by atoms with E-state index in [1.54, 1.807) is 6.20 Å². The van der Waals surface area contributed by atoms with E-state index in [0.717, 1.165) is 30.8 Å². The molecule has 1 atom stereocenters. The molecule has 26 heavy (non-hydrogen) atoms. The molecule has 1 aromatic carbocycles. The average molecular weight is 352 g/mol. The Morgan fingerprint density at radius 3 is 2.73 bits per heavy atom. The van der Waals surface area contributed by atoms with Crippen LogP contribution in [0.4, 0.5) is 5.69 Å². The lowest BCUT2D eigenvalue weighted by atomic mass is 10.0. The summed E-state index contributed by atoms with van der Waals surface area (Å²) in [6.07, 6.45) is 3.39. The van der Waals surface area contributed by atoms with Gasteiger partial charge in [-0.05, 0) is 44.2 Å². The highest BCUT2D eigenvalue weighted by Crippen LogP contribution is 2.22. The van der Waals surface area contributed by atoms with Gasteiger partial charge in [0.15, 0.2) is 0 Å². The van der Waals surface area contributed by atoms with Crippen molar-refractivity contribution < 1.29 is 9.59 Å². The highest BCUT2D eigenvalue weighted by molar-refractivity contribution is 5.98. The van der Waals surface area contributed by atoms with Crippen molar-refractivity contribution in [3.05, 3.63) is 60.4 Å². The Kier molecular flexibility index (Phi) is 5.96. The summed E-state index contributed by atoms with van der Waals surface area (Å²) in [7, 11) is 1.83. The van der Waals surface area contributed by atoms with Gasteiger partial charge in [-0.15, -0.1) is 0 Å². The number of anilines is 1. The van der Waals surface area contributed by atoms with E-state index in [0.29, 0.717) is 6.54 Å². The fourth-order valence-corrected chi connectivity index (χ4v) is 3.21. The van der Waals surface area contributed by atoms with E-state index >= 15 is 0 Å². The van der Waals surface area contributed by atoms with Crippen LogP contribution in [-0.2, 0) is 16.1 Å². The first kappa shape index (κ1) is 18.1. The van der Waals surface area contributed by atoms with Gasteiger partial charge < -0.3 is 10.2 Å². The summed E-state index contributed by atoms with van der Waals surface area (Å²) in [5.74, 6) is -0.0507. The molecule has 1 fully saturated rings. The molecule has 1 aliphatic heterocycles. The van der Waals surface area contributed by atoms with Crippen LogP contribution in [0.3, 0.4) is 0 Å². The predicted molar refractivity (Wildman–Crippen MR) is 101 cm³/mol. The van der Waals surface area contributed by atoms with Gasteiger partial charge in [0.05, 0.1) is 24.8 Å². The van der Waals surface area contributed by atoms with Crippen LogP contribution in [0.1, 0.15) is 18.5 Å². The Labute approximate surface area is 153 Å². The van der Waals surface area contributed by atoms with E-state index < -0.39 is 0 Å². The molecule has 136 valence electrons. The average Bonchev–Trinajstić information content (AvgIpc) is 2.68. The first-order valence-corrected chi connectivity index (χ1v) is 8.88. The Balaban J connectivity index is 1.55. The van der Waals surface area contributed by atoms with Crippen LogP contribution >= 0.6 is 0 Å². The van der Waals surface area contributed by atoms with Crippen molar-refractivity contribution >= 4 is 17.5 Å². The minimum Gasteiger partial charge on any atom is -0.349 e. The number of piperidine rings is 1. The van der Waals surface area contributed by atoms with E-state index in [1.165, 1.54) is 0 Å². The van der Waals surface area contributed by atoms with Gasteiger partial charge in [-0.1, -0.05) is 24.3 Å². The van der Waals surface area contributed by atoms with Crippen LogP contribution in [0.15, 0.2) is 54.7 Å². The molecule has 0 bridgehead atoms. The molecular weight excluding hydrogens is 328 g/mol. The molecule has 1 aromatic heterocycles. The normalized spacial score (nSPS) is 17.4. The predicted octanol–water partition coefficient (Wildman–Crippen LogP) is 1.83. The van der Waals surface area contributed by atoms with Crippen molar-refractivity contribution in [2.45, 2.75) is 25.4 Å². The molecule has 1 aliphatic rings. The summed E-state index contributed by atoms with van der Waals surface area (Å²) in [5.41, 5.74) is 1.72. The van der Waals surface area contributed by atoms with Gasteiger partial charge in [-0.2, -0.15) is 0 Å². The number of hydrogen-bond donors (Lipinski definition) is 1. The van der Waals surface area contributed by atoms with Crippen molar-refractivity contribution in [2.75, 3.05) is 25.0 Å². The van der Waals surface area contributed by atoms with Crippen molar-refractivity contribution in [1.82, 2.24) is 15.2 Å². The van der Waals surface area contributed by atoms with Gasteiger partial charge in [0, 0.05) is 18.4 Å². The first-order chi connectivity index (χ1) is 12.6. The number of rotatable bonds is 6. The lowest BCUT2D eigenvalue weighted by Gasteiger charge is -2.36. The smallest absolute Gasteiger partial charge is 0.244 e. The topological polar surface area (TPSA) is 65.5 Å². The molecule has 2 aromatic rings. The minimum absolute atomic E-state index is 0.0578. The SMILES string of the molecule is CN(CC(=O)NCc1ccccn1)C1CCCN(c2ccccc2)C1=O. The number of carbonyl (C=O) groups excluding carboxylic acids is 2. The van der Waals surface area contributed by atoms with Gasteiger partial charge in [0.2, 0.25) is 11.8 Å². The zero-order chi connectivity index (χ0) is 18.4. The highest BCUT2D eigenvalue weighted by Gasteiger charge is 2.32. The second-order valence-corrected chi connectivity index (χ2v) is 6.50. The third-order valence-corrected chi connectivity index (χ3v) is 4.60. The molecule has 6 nitrogen and oxygen atoms in total. The lowest BCUT2D eigenvalue weighted by Crippen LogP contribution is -2.53. The molecule has 2 heterocycles. The van der Waals surface area contributed by atoms with Gasteiger partial charge in [0.25, 0.3) is 0 Å². The number of benzene rings is 1. The number of hydrogen-bond acceptors (Lipinski definition) is 4. The molecule has 2 amide bonds. The van der Waals surface area contributed by atoms with E-state index in [2.05, 4.69) is 10.3 Å². The Morgan fingerprint density at radius 2 is 2.00 bits per heavy atom. The van der Waals surface area contributed by atoms with Crippen LogP contribution < -0.4 is 10.2 Å². The summed E-state index contributed by atoms with van der Waals surface area (Å²) in [6.45, 7) is 1.30. The molecule has 0 radical (unpaired) electrons. The number of likely N-dealkylation sites (N-methyl/N-ethyl adjacent to an activating group) is 1. The van der Waals surface area contributed by atoms with Crippen LogP contribution in [0.5, 0.6) is 0 Å². The fraction of sp³-hybridized carbons (Fsp3) is 0.350. The first-order valence-electron chi connectivity index (χ1n) is 8.88. The summed E-state index contributed by atoms with van der Waals surface area (Å²) in [4.78, 5) is 32.9. The number of aromatic nitrogens is 1. The van der Waals surface area contributed by atoms with Crippen LogP contribution in [-0.4, -0.2) is 47.9 Å². The number of carbonyl (C=O) groups is 2. The minimum atomic E-state index is -0.274. The Bertz CT molecular complexity index is 736. The quantitative estimate of drug-likeness (QED) is 0.861. The zero-order valence-electron chi connectivity index (χ0n) is 15.0. The summed E-state index contributed by atoms with van der Waals surface area (Å²) >= 11 is 0. The molecule has 1 saturated heterocycles. The summed E-state index contributed by atoms with van der Waals surface area (Å²) in [6, 6.07) is 15.0. The van der Waals surface area contributed by atoms with Gasteiger partial charge >= 0.3 is 0 Å². The second-order valence-electron chi connectivity index (χ2n) is 6.50. The maximum Gasteiger partial charge on any atom is 0.244 e. The van der Waals surface area contributed by atoms with Crippen molar-refractivity contribution in [3.8, 4) is 0 Å². The molecular formula is C20H24N4O2. The maximum absolute atomic E-state index is 12.9. The molecule has 6 heteroatoms. The van der Waals surface area contributed by atoms with E-state index in [-0.39, 0.29) is 24.4 Å². The van der Waals surface area contributed by atoms with E-state index in [9.17, 15) is 9.59 Å². The molecule has 1 unspecified atom stereocenters. The van der Waals surface area contributed by atoms with Crippen LogP contribution in [0.25, 0.3) is 0 Å². The molecule has 0 saturated carbocycles. The molecule has 0 spiro atoms. The zero-order valence-corrected chi connectivity index (χ0v) is 15.0. The number of amides is 2. The van der Waals surface area contributed by atoms with Crippen molar-refractivity contribution in [3.63, 3.8) is 0 Å². The Hall–Kier alpha value is -2.73. The monoisotopic (exact) mass is 352 g/mol. The standard InChI is InChI=1S/C20H24N4O2/c1-23(15-19(25)22-14-16-8-5-6-12-21-16)18-11-7-13-24(20(18)26)17-9-3-2-4-10-17/h2-6,8-10,12,18H,7,11,13-15H2,1H3,(H,22,25). The molecule has 3 rings (SSSR count). The van der Waals surface area contributed by atoms with Gasteiger partial charge in [-0.25, -0.2) is 0 Å². The molecule has 1 N–H and O–H groups in total. The number of pyridine rings is 1. The fourth-order valence-electron chi connectivity index (χ4n) is 3.21. The van der Waals surface area contributed by atoms with Crippen molar-refractivity contribution in [2.24, 2.45) is 0 Å². The van der Waals surface area contributed by atoms with Crippen LogP contribution in [0, 0.1) is 0 Å².